The normalized spacial score (nSPS) is 24.0. The van der Waals surface area contributed by atoms with Crippen LogP contribution in [0.3, 0.4) is 0 Å². The maximum Gasteiger partial charge on any atom is 0.237 e. The van der Waals surface area contributed by atoms with E-state index in [9.17, 15) is 9.59 Å². The fourth-order valence-corrected chi connectivity index (χ4v) is 5.59. The zero-order chi connectivity index (χ0) is 23.7. The van der Waals surface area contributed by atoms with E-state index in [-0.39, 0.29) is 29.9 Å². The Labute approximate surface area is 202 Å². The Morgan fingerprint density at radius 3 is 2.74 bits per heavy atom. The number of carbonyl (C=O) groups is 2. The highest BCUT2D eigenvalue weighted by molar-refractivity contribution is 5.95. The van der Waals surface area contributed by atoms with Crippen molar-refractivity contribution in [2.24, 2.45) is 0 Å². The summed E-state index contributed by atoms with van der Waals surface area (Å²) >= 11 is 0. The lowest BCUT2D eigenvalue weighted by molar-refractivity contribution is -0.129. The molecule has 2 N–H and O–H groups in total. The number of piperazine rings is 1. The average molecular weight is 462 g/mol. The number of rotatable bonds is 7. The molecule has 2 aromatic carbocycles. The van der Waals surface area contributed by atoms with Gasteiger partial charge in [-0.05, 0) is 48.6 Å². The molecule has 2 saturated heterocycles. The maximum absolute atomic E-state index is 13.0. The summed E-state index contributed by atoms with van der Waals surface area (Å²) in [6.45, 7) is 3.03. The van der Waals surface area contributed by atoms with Gasteiger partial charge in [0, 0.05) is 70.2 Å². The molecule has 3 atom stereocenters. The Kier molecular flexibility index (Phi) is 6.57. The number of hydrogen-bond acceptors (Lipinski definition) is 5. The van der Waals surface area contributed by atoms with Crippen LogP contribution >= 0.6 is 0 Å². The molecule has 3 heterocycles. The monoisotopic (exact) mass is 461 g/mol. The molecule has 3 unspecified atom stereocenters. The second kappa shape index (κ2) is 9.76. The van der Waals surface area contributed by atoms with E-state index < -0.39 is 0 Å². The molecule has 5 rings (SSSR count). The Morgan fingerprint density at radius 1 is 1.15 bits per heavy atom. The number of carbonyl (C=O) groups excluding carboxylic acids is 2. The van der Waals surface area contributed by atoms with Gasteiger partial charge in [-0.15, -0.1) is 0 Å². The zero-order valence-electron chi connectivity index (χ0n) is 20.2. The van der Waals surface area contributed by atoms with Gasteiger partial charge < -0.3 is 20.4 Å². The topological polar surface area (TPSA) is 67.9 Å². The van der Waals surface area contributed by atoms with Crippen LogP contribution in [-0.2, 0) is 22.6 Å². The summed E-state index contributed by atoms with van der Waals surface area (Å²) in [7, 11) is 4.09. The van der Waals surface area contributed by atoms with Crippen LogP contribution in [0.1, 0.15) is 30.4 Å². The molecule has 2 fully saturated rings. The molecule has 3 aliphatic rings. The second-order valence-corrected chi connectivity index (χ2v) is 9.95. The smallest absolute Gasteiger partial charge is 0.237 e. The highest BCUT2D eigenvalue weighted by atomic mass is 16.2. The molecule has 0 aliphatic carbocycles. The maximum atomic E-state index is 13.0. The molecule has 0 saturated carbocycles. The molecular formula is C27H35N5O2. The van der Waals surface area contributed by atoms with E-state index in [0.29, 0.717) is 13.0 Å². The number of para-hydroxylation sites is 1. The van der Waals surface area contributed by atoms with E-state index in [4.69, 9.17) is 0 Å². The Bertz CT molecular complexity index is 1040. The molecular weight excluding hydrogens is 426 g/mol. The van der Waals surface area contributed by atoms with Gasteiger partial charge in [-0.3, -0.25) is 14.5 Å². The summed E-state index contributed by atoms with van der Waals surface area (Å²) in [6.07, 6.45) is 3.02. The molecule has 3 aliphatic heterocycles. The van der Waals surface area contributed by atoms with Crippen LogP contribution in [0.4, 0.5) is 11.4 Å². The standard InChI is InChI=1S/C27H35N5O2/c1-30(2)22-9-7-19(8-10-22)16-28-21-15-25-27(34)29-17-23(32(25)18-21)11-12-26(33)31-14-13-20-5-3-4-6-24(20)31/h3-10,21,23,25,28H,11-18H2,1-2H3,(H,29,34). The molecule has 0 aromatic heterocycles. The van der Waals surface area contributed by atoms with Crippen molar-refractivity contribution in [2.45, 2.75) is 50.4 Å². The van der Waals surface area contributed by atoms with E-state index in [2.05, 4.69) is 50.8 Å². The van der Waals surface area contributed by atoms with Crippen LogP contribution in [0.25, 0.3) is 0 Å². The third-order valence-corrected chi connectivity index (χ3v) is 7.55. The van der Waals surface area contributed by atoms with Crippen molar-refractivity contribution in [3.63, 3.8) is 0 Å². The van der Waals surface area contributed by atoms with Crippen molar-refractivity contribution in [3.05, 3.63) is 59.7 Å². The minimum atomic E-state index is -0.102. The van der Waals surface area contributed by atoms with E-state index in [1.54, 1.807) is 0 Å². The van der Waals surface area contributed by atoms with Crippen molar-refractivity contribution in [2.75, 3.05) is 43.5 Å². The molecule has 7 nitrogen and oxygen atoms in total. The van der Waals surface area contributed by atoms with Crippen molar-refractivity contribution < 1.29 is 9.59 Å². The number of hydrogen-bond donors (Lipinski definition) is 2. The first kappa shape index (κ1) is 22.9. The largest absolute Gasteiger partial charge is 0.378 e. The number of amides is 2. The first-order valence-electron chi connectivity index (χ1n) is 12.4. The van der Waals surface area contributed by atoms with Gasteiger partial charge in [0.05, 0.1) is 6.04 Å². The van der Waals surface area contributed by atoms with Crippen LogP contribution in [0, 0.1) is 0 Å². The van der Waals surface area contributed by atoms with Crippen molar-refractivity contribution >= 4 is 23.2 Å². The van der Waals surface area contributed by atoms with Crippen LogP contribution in [-0.4, -0.2) is 68.6 Å². The highest BCUT2D eigenvalue weighted by Crippen LogP contribution is 2.30. The summed E-state index contributed by atoms with van der Waals surface area (Å²) in [5.74, 6) is 0.309. The van der Waals surface area contributed by atoms with Gasteiger partial charge in [0.25, 0.3) is 0 Å². The minimum Gasteiger partial charge on any atom is -0.378 e. The predicted octanol–water partition coefficient (Wildman–Crippen LogP) is 2.15. The molecule has 0 bridgehead atoms. The van der Waals surface area contributed by atoms with Gasteiger partial charge in [0.2, 0.25) is 11.8 Å². The molecule has 7 heteroatoms. The molecule has 2 amide bonds. The Hall–Kier alpha value is -2.90. The van der Waals surface area contributed by atoms with Crippen LogP contribution < -0.4 is 20.4 Å². The molecule has 34 heavy (non-hydrogen) atoms. The quantitative estimate of drug-likeness (QED) is 0.662. The van der Waals surface area contributed by atoms with Crippen molar-refractivity contribution in [1.82, 2.24) is 15.5 Å². The van der Waals surface area contributed by atoms with Crippen LogP contribution in [0.2, 0.25) is 0 Å². The lowest BCUT2D eigenvalue weighted by atomic mass is 10.0. The minimum absolute atomic E-state index is 0.102. The molecule has 0 radical (unpaired) electrons. The van der Waals surface area contributed by atoms with Gasteiger partial charge in [-0.1, -0.05) is 30.3 Å². The van der Waals surface area contributed by atoms with Gasteiger partial charge in [-0.25, -0.2) is 0 Å². The first-order valence-corrected chi connectivity index (χ1v) is 12.4. The number of benzene rings is 2. The third kappa shape index (κ3) is 4.68. The number of nitrogens with zero attached hydrogens (tertiary/aromatic N) is 3. The van der Waals surface area contributed by atoms with E-state index >= 15 is 0 Å². The summed E-state index contributed by atoms with van der Waals surface area (Å²) < 4.78 is 0. The number of nitrogens with one attached hydrogen (secondary N) is 2. The van der Waals surface area contributed by atoms with Crippen LogP contribution in [0.5, 0.6) is 0 Å². The third-order valence-electron chi connectivity index (χ3n) is 7.55. The van der Waals surface area contributed by atoms with Gasteiger partial charge in [0.1, 0.15) is 0 Å². The molecule has 2 aromatic rings. The number of fused-ring (bicyclic) bond motifs is 2. The van der Waals surface area contributed by atoms with Crippen LogP contribution in [0.15, 0.2) is 48.5 Å². The zero-order valence-corrected chi connectivity index (χ0v) is 20.2. The van der Waals surface area contributed by atoms with Gasteiger partial charge in [-0.2, -0.15) is 0 Å². The lowest BCUT2D eigenvalue weighted by Gasteiger charge is -2.37. The fourth-order valence-electron chi connectivity index (χ4n) is 5.59. The van der Waals surface area contributed by atoms with E-state index in [1.165, 1.54) is 16.8 Å². The second-order valence-electron chi connectivity index (χ2n) is 9.95. The SMILES string of the molecule is CN(C)c1ccc(CNC2CC3C(=O)NCC(CCC(=O)N4CCc5ccccc54)N3C2)cc1. The summed E-state index contributed by atoms with van der Waals surface area (Å²) in [4.78, 5) is 31.9. The van der Waals surface area contributed by atoms with E-state index in [0.717, 1.165) is 44.6 Å². The van der Waals surface area contributed by atoms with Gasteiger partial charge in [0.15, 0.2) is 0 Å². The molecule has 180 valence electrons. The Morgan fingerprint density at radius 2 is 1.94 bits per heavy atom. The average Bonchev–Trinajstić information content (AvgIpc) is 3.48. The fraction of sp³-hybridized carbons (Fsp3) is 0.481. The molecule has 0 spiro atoms. The van der Waals surface area contributed by atoms with E-state index in [1.807, 2.05) is 37.2 Å². The first-order chi connectivity index (χ1) is 16.5. The Balaban J connectivity index is 1.15. The summed E-state index contributed by atoms with van der Waals surface area (Å²) in [6, 6.07) is 17.1. The van der Waals surface area contributed by atoms with Crippen molar-refractivity contribution in [1.29, 1.82) is 0 Å². The van der Waals surface area contributed by atoms with Crippen molar-refractivity contribution in [3.8, 4) is 0 Å². The summed E-state index contributed by atoms with van der Waals surface area (Å²) in [5.41, 5.74) is 4.75. The predicted molar refractivity (Wildman–Crippen MR) is 135 cm³/mol. The highest BCUT2D eigenvalue weighted by Gasteiger charge is 2.43. The lowest BCUT2D eigenvalue weighted by Crippen LogP contribution is -2.58. The summed E-state index contributed by atoms with van der Waals surface area (Å²) in [5, 5.41) is 6.74. The number of anilines is 2. The van der Waals surface area contributed by atoms with Gasteiger partial charge >= 0.3 is 0 Å².